The molecule has 0 radical (unpaired) electrons. The lowest BCUT2D eigenvalue weighted by molar-refractivity contribution is -0.137. The number of hydrogen-bond acceptors (Lipinski definition) is 4. The largest absolute Gasteiger partial charge is 0.416 e. The number of rotatable bonds is 2. The Morgan fingerprint density at radius 3 is 2.76 bits per heavy atom. The molecule has 0 fully saturated rings. The predicted octanol–water partition coefficient (Wildman–Crippen LogP) is 4.00. The number of amides is 1. The SMILES string of the molecule is O=C(c1csc2nc(-c3ccc(C(F)(F)F)cc3)cn12)N1CCc2[nH]ncc2C1. The van der Waals surface area contributed by atoms with Crippen molar-refractivity contribution in [2.24, 2.45) is 0 Å². The summed E-state index contributed by atoms with van der Waals surface area (Å²) >= 11 is 1.32. The van der Waals surface area contributed by atoms with Gasteiger partial charge in [0.15, 0.2) is 4.96 Å². The molecule has 10 heteroatoms. The van der Waals surface area contributed by atoms with E-state index in [-0.39, 0.29) is 5.91 Å². The lowest BCUT2D eigenvalue weighted by atomic mass is 10.1. The van der Waals surface area contributed by atoms with Crippen LogP contribution < -0.4 is 0 Å². The molecule has 29 heavy (non-hydrogen) atoms. The van der Waals surface area contributed by atoms with Crippen LogP contribution in [0.25, 0.3) is 16.2 Å². The third-order valence-corrected chi connectivity index (χ3v) is 5.86. The molecule has 1 aromatic carbocycles. The lowest BCUT2D eigenvalue weighted by Crippen LogP contribution is -2.36. The van der Waals surface area contributed by atoms with Crippen molar-refractivity contribution in [1.82, 2.24) is 24.5 Å². The number of imidazole rings is 1. The quantitative estimate of drug-likeness (QED) is 0.536. The first kappa shape index (κ1) is 17.9. The van der Waals surface area contributed by atoms with Crippen molar-refractivity contribution < 1.29 is 18.0 Å². The Labute approximate surface area is 166 Å². The van der Waals surface area contributed by atoms with Gasteiger partial charge in [-0.25, -0.2) is 4.98 Å². The molecule has 1 N–H and O–H groups in total. The standard InChI is InChI=1S/C19H14F3N5OS/c20-19(21,22)13-3-1-11(2-4-13)15-9-27-16(10-29-18(27)24-15)17(28)26-6-5-14-12(8-26)7-23-25-14/h1-4,7,9-10H,5-6,8H2,(H,23,25). The molecule has 0 saturated heterocycles. The number of H-pyrrole nitrogens is 1. The first-order chi connectivity index (χ1) is 13.9. The van der Waals surface area contributed by atoms with E-state index in [4.69, 9.17) is 0 Å². The summed E-state index contributed by atoms with van der Waals surface area (Å²) in [5.74, 6) is -0.112. The molecule has 0 unspecified atom stereocenters. The van der Waals surface area contributed by atoms with Crippen LogP contribution in [0.3, 0.4) is 0 Å². The Balaban J connectivity index is 1.44. The normalized spacial score (nSPS) is 14.4. The molecular formula is C19H14F3N5OS. The zero-order valence-electron chi connectivity index (χ0n) is 14.9. The van der Waals surface area contributed by atoms with Gasteiger partial charge in [-0.05, 0) is 12.1 Å². The molecule has 6 nitrogen and oxygen atoms in total. The van der Waals surface area contributed by atoms with Crippen molar-refractivity contribution >= 4 is 22.2 Å². The fourth-order valence-corrected chi connectivity index (χ4v) is 4.31. The van der Waals surface area contributed by atoms with Crippen LogP contribution in [-0.4, -0.2) is 36.9 Å². The highest BCUT2D eigenvalue weighted by Crippen LogP contribution is 2.31. The van der Waals surface area contributed by atoms with E-state index in [0.717, 1.165) is 29.8 Å². The molecule has 1 amide bonds. The van der Waals surface area contributed by atoms with Crippen LogP contribution in [0.4, 0.5) is 13.2 Å². The summed E-state index contributed by atoms with van der Waals surface area (Å²) in [6.45, 7) is 1.08. The average molecular weight is 417 g/mol. The maximum absolute atomic E-state index is 13.0. The number of aromatic nitrogens is 4. The number of fused-ring (bicyclic) bond motifs is 2. The minimum absolute atomic E-state index is 0.112. The van der Waals surface area contributed by atoms with Gasteiger partial charge < -0.3 is 4.90 Å². The molecule has 4 aromatic rings. The second kappa shape index (κ2) is 6.45. The van der Waals surface area contributed by atoms with Gasteiger partial charge in [-0.15, -0.1) is 11.3 Å². The fraction of sp³-hybridized carbons (Fsp3) is 0.211. The van der Waals surface area contributed by atoms with Gasteiger partial charge in [0.25, 0.3) is 5.91 Å². The van der Waals surface area contributed by atoms with Crippen molar-refractivity contribution in [3.05, 3.63) is 64.6 Å². The monoisotopic (exact) mass is 417 g/mol. The van der Waals surface area contributed by atoms with Crippen LogP contribution in [0.15, 0.2) is 42.0 Å². The summed E-state index contributed by atoms with van der Waals surface area (Å²) in [7, 11) is 0. The molecule has 148 valence electrons. The maximum atomic E-state index is 13.0. The number of carbonyl (C=O) groups excluding carboxylic acids is 1. The number of nitrogens with one attached hydrogen (secondary N) is 1. The van der Waals surface area contributed by atoms with Gasteiger partial charge in [-0.1, -0.05) is 12.1 Å². The van der Waals surface area contributed by atoms with Gasteiger partial charge >= 0.3 is 6.18 Å². The van der Waals surface area contributed by atoms with Crippen molar-refractivity contribution in [2.45, 2.75) is 19.1 Å². The van der Waals surface area contributed by atoms with E-state index in [2.05, 4.69) is 15.2 Å². The van der Waals surface area contributed by atoms with Gasteiger partial charge in [0.05, 0.1) is 17.5 Å². The van der Waals surface area contributed by atoms with E-state index < -0.39 is 11.7 Å². The number of aromatic amines is 1. The van der Waals surface area contributed by atoms with E-state index in [1.54, 1.807) is 27.1 Å². The van der Waals surface area contributed by atoms with E-state index in [0.29, 0.717) is 35.0 Å². The number of halogens is 3. The number of carbonyl (C=O) groups is 1. The topological polar surface area (TPSA) is 66.3 Å². The zero-order chi connectivity index (χ0) is 20.2. The Bertz CT molecular complexity index is 1200. The Kier molecular flexibility index (Phi) is 3.98. The highest BCUT2D eigenvalue weighted by atomic mass is 32.1. The molecule has 5 rings (SSSR count). The predicted molar refractivity (Wildman–Crippen MR) is 101 cm³/mol. The molecule has 1 aliphatic rings. The minimum atomic E-state index is -4.38. The number of benzene rings is 1. The maximum Gasteiger partial charge on any atom is 0.416 e. The number of alkyl halides is 3. The highest BCUT2D eigenvalue weighted by Gasteiger charge is 2.30. The van der Waals surface area contributed by atoms with E-state index in [9.17, 15) is 18.0 Å². The summed E-state index contributed by atoms with van der Waals surface area (Å²) in [5.41, 5.74) is 2.93. The number of thiazole rings is 1. The molecule has 3 aromatic heterocycles. The Hall–Kier alpha value is -3.14. The molecule has 0 atom stereocenters. The van der Waals surface area contributed by atoms with Crippen LogP contribution in [0.5, 0.6) is 0 Å². The van der Waals surface area contributed by atoms with Crippen molar-refractivity contribution in [3.63, 3.8) is 0 Å². The summed E-state index contributed by atoms with van der Waals surface area (Å²) in [6.07, 6.45) is -0.238. The molecule has 0 saturated carbocycles. The zero-order valence-corrected chi connectivity index (χ0v) is 15.7. The van der Waals surface area contributed by atoms with Crippen LogP contribution in [0.1, 0.15) is 27.3 Å². The van der Waals surface area contributed by atoms with Crippen molar-refractivity contribution in [2.75, 3.05) is 6.54 Å². The average Bonchev–Trinajstić information content (AvgIpc) is 3.41. The van der Waals surface area contributed by atoms with Gasteiger partial charge in [0.1, 0.15) is 5.69 Å². The third-order valence-electron chi connectivity index (χ3n) is 5.02. The molecular weight excluding hydrogens is 403 g/mol. The summed E-state index contributed by atoms with van der Waals surface area (Å²) in [5, 5.41) is 8.72. The molecule has 0 spiro atoms. The third kappa shape index (κ3) is 3.09. The van der Waals surface area contributed by atoms with Gasteiger partial charge in [-0.3, -0.25) is 14.3 Å². The van der Waals surface area contributed by atoms with Crippen LogP contribution in [0, 0.1) is 0 Å². The summed E-state index contributed by atoms with van der Waals surface area (Å²) < 4.78 is 40.0. The van der Waals surface area contributed by atoms with Crippen LogP contribution >= 0.6 is 11.3 Å². The summed E-state index contributed by atoms with van der Waals surface area (Å²) in [4.78, 5) is 19.9. The van der Waals surface area contributed by atoms with Crippen molar-refractivity contribution in [1.29, 1.82) is 0 Å². The second-order valence-corrected chi connectivity index (χ2v) is 7.66. The fourth-order valence-electron chi connectivity index (χ4n) is 3.46. The second-order valence-electron chi connectivity index (χ2n) is 6.83. The Morgan fingerprint density at radius 2 is 2.00 bits per heavy atom. The van der Waals surface area contributed by atoms with Gasteiger partial charge in [0.2, 0.25) is 0 Å². The Morgan fingerprint density at radius 1 is 1.21 bits per heavy atom. The van der Waals surface area contributed by atoms with Crippen LogP contribution in [0.2, 0.25) is 0 Å². The van der Waals surface area contributed by atoms with E-state index in [1.165, 1.54) is 23.5 Å². The minimum Gasteiger partial charge on any atom is -0.332 e. The first-order valence-corrected chi connectivity index (χ1v) is 9.73. The lowest BCUT2D eigenvalue weighted by Gasteiger charge is -2.26. The highest BCUT2D eigenvalue weighted by molar-refractivity contribution is 7.15. The number of nitrogens with zero attached hydrogens (tertiary/aromatic N) is 4. The van der Waals surface area contributed by atoms with Crippen LogP contribution in [-0.2, 0) is 19.1 Å². The molecule has 0 bridgehead atoms. The van der Waals surface area contributed by atoms with E-state index in [1.807, 2.05) is 0 Å². The van der Waals surface area contributed by atoms with Crippen molar-refractivity contribution in [3.8, 4) is 11.3 Å². The molecule has 0 aliphatic carbocycles. The summed E-state index contributed by atoms with van der Waals surface area (Å²) in [6, 6.07) is 4.85. The van der Waals surface area contributed by atoms with E-state index >= 15 is 0 Å². The smallest absolute Gasteiger partial charge is 0.332 e. The molecule has 1 aliphatic heterocycles. The first-order valence-electron chi connectivity index (χ1n) is 8.85. The molecule has 4 heterocycles. The number of hydrogen-bond donors (Lipinski definition) is 1. The van der Waals surface area contributed by atoms with Gasteiger partial charge in [0, 0.05) is 47.9 Å². The van der Waals surface area contributed by atoms with Gasteiger partial charge in [-0.2, -0.15) is 18.3 Å².